The molecule has 27 heavy (non-hydrogen) atoms. The maximum atomic E-state index is 12.3. The third-order valence-electron chi connectivity index (χ3n) is 8.48. The van der Waals surface area contributed by atoms with Gasteiger partial charge in [0, 0.05) is 16.7 Å². The van der Waals surface area contributed by atoms with Gasteiger partial charge in [0.2, 0.25) is 5.78 Å². The van der Waals surface area contributed by atoms with Crippen molar-refractivity contribution < 1.29 is 24.6 Å². The maximum Gasteiger partial charge on any atom is 0.227 e. The molecule has 5 heteroatoms. The number of carbonyl (C=O) groups excluding carboxylic acids is 3. The van der Waals surface area contributed by atoms with Gasteiger partial charge in [0.05, 0.1) is 6.10 Å². The fourth-order valence-corrected chi connectivity index (χ4v) is 7.26. The topological polar surface area (TPSA) is 91.7 Å². The molecular weight excluding hydrogens is 344 g/mol. The van der Waals surface area contributed by atoms with Gasteiger partial charge in [-0.25, -0.2) is 0 Å². The van der Waals surface area contributed by atoms with Gasteiger partial charge in [0.15, 0.2) is 12.1 Å². The van der Waals surface area contributed by atoms with Crippen LogP contribution in [-0.4, -0.2) is 39.8 Å². The molecule has 3 saturated carbocycles. The van der Waals surface area contributed by atoms with E-state index in [9.17, 15) is 24.6 Å². The van der Waals surface area contributed by atoms with Crippen LogP contribution in [0.1, 0.15) is 46.5 Å². The minimum absolute atomic E-state index is 0.00488. The summed E-state index contributed by atoms with van der Waals surface area (Å²) in [6, 6.07) is 0. The maximum absolute atomic E-state index is 12.3. The lowest BCUT2D eigenvalue weighted by molar-refractivity contribution is -0.178. The minimum atomic E-state index is -1.69. The molecule has 3 fully saturated rings. The molecule has 0 saturated heterocycles. The molecule has 0 aromatic heterocycles. The molecule has 5 nitrogen and oxygen atoms in total. The Morgan fingerprint density at radius 2 is 2.04 bits per heavy atom. The van der Waals surface area contributed by atoms with Crippen molar-refractivity contribution in [2.75, 3.05) is 0 Å². The first-order chi connectivity index (χ1) is 12.6. The van der Waals surface area contributed by atoms with Crippen LogP contribution < -0.4 is 0 Å². The van der Waals surface area contributed by atoms with E-state index in [0.717, 1.165) is 12.0 Å². The summed E-state index contributed by atoms with van der Waals surface area (Å²) in [6.07, 6.45) is 6.83. The Labute approximate surface area is 159 Å². The van der Waals surface area contributed by atoms with Gasteiger partial charge in [0.25, 0.3) is 0 Å². The number of carbonyl (C=O) groups is 3. The van der Waals surface area contributed by atoms with E-state index in [2.05, 4.69) is 13.8 Å². The second kappa shape index (κ2) is 5.71. The molecule has 0 radical (unpaired) electrons. The van der Waals surface area contributed by atoms with Crippen LogP contribution >= 0.6 is 0 Å². The van der Waals surface area contributed by atoms with Gasteiger partial charge in [-0.05, 0) is 55.6 Å². The minimum Gasteiger partial charge on any atom is -0.393 e. The van der Waals surface area contributed by atoms with E-state index in [1.54, 1.807) is 12.2 Å². The first kappa shape index (κ1) is 18.8. The summed E-state index contributed by atoms with van der Waals surface area (Å²) in [7, 11) is 0. The number of aliphatic hydroxyl groups is 2. The summed E-state index contributed by atoms with van der Waals surface area (Å²) >= 11 is 0. The summed E-state index contributed by atoms with van der Waals surface area (Å²) in [6.45, 7) is 6.07. The highest BCUT2D eigenvalue weighted by molar-refractivity contribution is 6.29. The Bertz CT molecular complexity index is 782. The predicted octanol–water partition coefficient (Wildman–Crippen LogP) is 2.01. The molecule has 4 aliphatic carbocycles. The lowest BCUT2D eigenvalue weighted by atomic mass is 9.45. The molecule has 0 spiro atoms. The van der Waals surface area contributed by atoms with Gasteiger partial charge in [-0.1, -0.05) is 32.4 Å². The van der Waals surface area contributed by atoms with Gasteiger partial charge in [-0.3, -0.25) is 14.4 Å². The lowest BCUT2D eigenvalue weighted by Crippen LogP contribution is -2.62. The second-order valence-corrected chi connectivity index (χ2v) is 9.62. The number of aliphatic hydroxyl groups excluding tert-OH is 1. The molecule has 2 N–H and O–H groups in total. The van der Waals surface area contributed by atoms with Crippen molar-refractivity contribution in [3.8, 4) is 0 Å². The number of hydrogen-bond acceptors (Lipinski definition) is 5. The van der Waals surface area contributed by atoms with Crippen molar-refractivity contribution >= 4 is 17.9 Å². The molecule has 8 atom stereocenters. The fraction of sp³-hybridized carbons (Fsp3) is 0.682. The molecule has 0 heterocycles. The number of fused-ring (bicyclic) bond motifs is 5. The van der Waals surface area contributed by atoms with Crippen LogP contribution in [0.25, 0.3) is 0 Å². The van der Waals surface area contributed by atoms with Crippen LogP contribution in [0.15, 0.2) is 23.8 Å². The second-order valence-electron chi connectivity index (χ2n) is 9.62. The monoisotopic (exact) mass is 372 g/mol. The Hall–Kier alpha value is -1.59. The Morgan fingerprint density at radius 3 is 2.70 bits per heavy atom. The Kier molecular flexibility index (Phi) is 3.97. The van der Waals surface area contributed by atoms with Crippen LogP contribution in [-0.2, 0) is 14.4 Å². The number of rotatable bonds is 2. The normalized spacial score (nSPS) is 51.1. The van der Waals surface area contributed by atoms with E-state index in [4.69, 9.17) is 0 Å². The van der Waals surface area contributed by atoms with Crippen LogP contribution in [0.5, 0.6) is 0 Å². The third kappa shape index (κ3) is 2.21. The van der Waals surface area contributed by atoms with Gasteiger partial charge >= 0.3 is 0 Å². The summed E-state index contributed by atoms with van der Waals surface area (Å²) in [5.41, 5.74) is -1.82. The summed E-state index contributed by atoms with van der Waals surface area (Å²) in [5.74, 6) is -0.452. The van der Waals surface area contributed by atoms with E-state index in [1.807, 2.05) is 13.0 Å². The predicted molar refractivity (Wildman–Crippen MR) is 98.6 cm³/mol. The highest BCUT2D eigenvalue weighted by Crippen LogP contribution is 2.67. The van der Waals surface area contributed by atoms with Crippen LogP contribution in [0.2, 0.25) is 0 Å². The Morgan fingerprint density at radius 1 is 1.33 bits per heavy atom. The zero-order chi connectivity index (χ0) is 19.8. The molecule has 0 amide bonds. The van der Waals surface area contributed by atoms with Crippen molar-refractivity contribution in [3.63, 3.8) is 0 Å². The standard InChI is InChI=1S/C22H28O5/c1-12-8-14-15-5-7-22(27,18(26)11-23)21(15,3)10-17(25)19(14)20(2)6-4-13(24)9-16(12)20/h4,6,9,11-12,14-15,17,19,25,27H,5,7-8,10H2,1-3H3. The molecule has 8 unspecified atom stereocenters. The summed E-state index contributed by atoms with van der Waals surface area (Å²) in [5, 5.41) is 22.4. The summed E-state index contributed by atoms with van der Waals surface area (Å²) < 4.78 is 0. The van der Waals surface area contributed by atoms with Crippen LogP contribution in [0.3, 0.4) is 0 Å². The average molecular weight is 372 g/mol. The quantitative estimate of drug-likeness (QED) is 0.571. The number of hydrogen-bond donors (Lipinski definition) is 2. The largest absolute Gasteiger partial charge is 0.393 e. The molecule has 4 aliphatic rings. The number of ketones is 2. The zero-order valence-electron chi connectivity index (χ0n) is 16.1. The Balaban J connectivity index is 1.79. The molecule has 146 valence electrons. The van der Waals surface area contributed by atoms with Gasteiger partial charge in [0.1, 0.15) is 5.60 Å². The SMILES string of the molecule is CC1CC2C(C(O)CC3(C)C2CCC3(O)C(=O)C=O)C2(C)C=CC(=O)C=C12. The first-order valence-corrected chi connectivity index (χ1v) is 9.94. The molecule has 0 aromatic rings. The first-order valence-electron chi connectivity index (χ1n) is 9.94. The molecule has 4 rings (SSSR count). The smallest absolute Gasteiger partial charge is 0.227 e. The van der Waals surface area contributed by atoms with Crippen LogP contribution in [0.4, 0.5) is 0 Å². The average Bonchev–Trinajstić information content (AvgIpc) is 2.87. The van der Waals surface area contributed by atoms with Crippen molar-refractivity contribution in [2.24, 2.45) is 34.5 Å². The van der Waals surface area contributed by atoms with E-state index in [1.165, 1.54) is 0 Å². The third-order valence-corrected chi connectivity index (χ3v) is 8.48. The number of Topliss-reactive ketones (excluding diaryl/α,β-unsaturated/α-hetero) is 1. The fourth-order valence-electron chi connectivity index (χ4n) is 7.26. The summed E-state index contributed by atoms with van der Waals surface area (Å²) in [4.78, 5) is 35.4. The van der Waals surface area contributed by atoms with Gasteiger partial charge in [-0.15, -0.1) is 0 Å². The van der Waals surface area contributed by atoms with Crippen molar-refractivity contribution in [1.82, 2.24) is 0 Å². The molecule has 0 aliphatic heterocycles. The highest BCUT2D eigenvalue weighted by Gasteiger charge is 2.68. The number of allylic oxidation sites excluding steroid dienone is 4. The highest BCUT2D eigenvalue weighted by atomic mass is 16.3. The molecule has 0 aromatic carbocycles. The van der Waals surface area contributed by atoms with Crippen molar-refractivity contribution in [1.29, 1.82) is 0 Å². The van der Waals surface area contributed by atoms with E-state index in [-0.39, 0.29) is 48.6 Å². The van der Waals surface area contributed by atoms with Crippen molar-refractivity contribution in [2.45, 2.75) is 58.2 Å². The van der Waals surface area contributed by atoms with Crippen LogP contribution in [0, 0.1) is 34.5 Å². The van der Waals surface area contributed by atoms with E-state index >= 15 is 0 Å². The van der Waals surface area contributed by atoms with Gasteiger partial charge < -0.3 is 10.2 Å². The van der Waals surface area contributed by atoms with Gasteiger partial charge in [-0.2, -0.15) is 0 Å². The lowest BCUT2D eigenvalue weighted by Gasteiger charge is -2.60. The number of aldehydes is 1. The molecular formula is C22H28O5. The zero-order valence-corrected chi connectivity index (χ0v) is 16.1. The molecule has 0 bridgehead atoms. The van der Waals surface area contributed by atoms with E-state index in [0.29, 0.717) is 6.42 Å². The van der Waals surface area contributed by atoms with Crippen molar-refractivity contribution in [3.05, 3.63) is 23.8 Å². The van der Waals surface area contributed by atoms with E-state index < -0.39 is 28.3 Å².